The first kappa shape index (κ1) is 21.3. The Kier molecular flexibility index (Phi) is 6.79. The van der Waals surface area contributed by atoms with Gasteiger partial charge < -0.3 is 9.73 Å². The Labute approximate surface area is 189 Å². The number of thiazole rings is 1. The summed E-state index contributed by atoms with van der Waals surface area (Å²) < 4.78 is 5.62. The average molecular weight is 451 g/mol. The van der Waals surface area contributed by atoms with Crippen LogP contribution in [0.3, 0.4) is 0 Å². The van der Waals surface area contributed by atoms with Gasteiger partial charge in [0.2, 0.25) is 11.8 Å². The van der Waals surface area contributed by atoms with Crippen LogP contribution in [0.2, 0.25) is 0 Å². The van der Waals surface area contributed by atoms with E-state index in [-0.39, 0.29) is 17.7 Å². The highest BCUT2D eigenvalue weighted by atomic mass is 32.2. The van der Waals surface area contributed by atoms with Crippen molar-refractivity contribution in [3.05, 3.63) is 82.1 Å². The van der Waals surface area contributed by atoms with Crippen LogP contribution in [0.15, 0.2) is 69.6 Å². The van der Waals surface area contributed by atoms with Gasteiger partial charge in [-0.05, 0) is 30.5 Å². The standard InChI is InChI=1S/C23H22N4O2S2/c1-15(17-8-10-19(11-9-17)18-6-4-3-5-7-18)24-21(28)14-31-23-27-26-22(29-23)12-20-13-30-16(2)25-20/h3-11,13,15H,12,14H2,1-2H3,(H,24,28)/t15-/m0/s1. The first-order valence-corrected chi connectivity index (χ1v) is 11.7. The quantitative estimate of drug-likeness (QED) is 0.378. The molecule has 0 spiro atoms. The number of rotatable bonds is 8. The topological polar surface area (TPSA) is 80.9 Å². The van der Waals surface area contributed by atoms with Crippen molar-refractivity contribution in [3.63, 3.8) is 0 Å². The third-order valence-electron chi connectivity index (χ3n) is 4.67. The number of carbonyl (C=O) groups excluding carboxylic acids is 1. The van der Waals surface area contributed by atoms with E-state index in [0.29, 0.717) is 17.5 Å². The molecule has 1 amide bonds. The summed E-state index contributed by atoms with van der Waals surface area (Å²) in [5.74, 6) is 0.628. The van der Waals surface area contributed by atoms with Gasteiger partial charge in [-0.1, -0.05) is 66.4 Å². The van der Waals surface area contributed by atoms with Gasteiger partial charge >= 0.3 is 0 Å². The van der Waals surface area contributed by atoms with Crippen LogP contribution in [0.4, 0.5) is 0 Å². The maximum absolute atomic E-state index is 12.4. The van der Waals surface area contributed by atoms with Crippen LogP contribution in [0.1, 0.15) is 35.1 Å². The minimum Gasteiger partial charge on any atom is -0.416 e. The molecule has 2 aromatic heterocycles. The lowest BCUT2D eigenvalue weighted by atomic mass is 10.0. The second-order valence-corrected chi connectivity index (χ2v) is 9.05. The third kappa shape index (κ3) is 5.80. The molecule has 0 aliphatic heterocycles. The lowest BCUT2D eigenvalue weighted by Crippen LogP contribution is -2.28. The number of amides is 1. The van der Waals surface area contributed by atoms with Gasteiger partial charge in [-0.15, -0.1) is 21.5 Å². The van der Waals surface area contributed by atoms with Crippen molar-refractivity contribution in [3.8, 4) is 11.1 Å². The Morgan fingerprint density at radius 1 is 1.10 bits per heavy atom. The van der Waals surface area contributed by atoms with E-state index in [1.54, 1.807) is 11.3 Å². The summed E-state index contributed by atoms with van der Waals surface area (Å²) in [6, 6.07) is 18.4. The smallest absolute Gasteiger partial charge is 0.277 e. The molecule has 0 aliphatic carbocycles. The number of benzene rings is 2. The largest absolute Gasteiger partial charge is 0.416 e. The van der Waals surface area contributed by atoms with Gasteiger partial charge in [0.05, 0.1) is 28.9 Å². The molecule has 1 atom stereocenters. The summed E-state index contributed by atoms with van der Waals surface area (Å²) in [5.41, 5.74) is 4.29. The Balaban J connectivity index is 1.27. The molecule has 0 radical (unpaired) electrons. The van der Waals surface area contributed by atoms with Gasteiger partial charge in [0.1, 0.15) is 0 Å². The Morgan fingerprint density at radius 2 is 1.84 bits per heavy atom. The Morgan fingerprint density at radius 3 is 2.55 bits per heavy atom. The van der Waals surface area contributed by atoms with Crippen molar-refractivity contribution >= 4 is 29.0 Å². The minimum absolute atomic E-state index is 0.0838. The maximum atomic E-state index is 12.4. The molecule has 158 valence electrons. The van der Waals surface area contributed by atoms with Gasteiger partial charge in [0.25, 0.3) is 5.22 Å². The molecular formula is C23H22N4O2S2. The van der Waals surface area contributed by atoms with Crippen molar-refractivity contribution < 1.29 is 9.21 Å². The molecule has 0 aliphatic rings. The number of hydrogen-bond acceptors (Lipinski definition) is 7. The highest BCUT2D eigenvalue weighted by Gasteiger charge is 2.14. The molecule has 0 saturated heterocycles. The van der Waals surface area contributed by atoms with Crippen LogP contribution in [0.25, 0.3) is 11.1 Å². The van der Waals surface area contributed by atoms with Crippen molar-refractivity contribution in [2.75, 3.05) is 5.75 Å². The zero-order valence-electron chi connectivity index (χ0n) is 17.2. The van der Waals surface area contributed by atoms with E-state index in [1.807, 2.05) is 49.6 Å². The number of nitrogens with one attached hydrogen (secondary N) is 1. The van der Waals surface area contributed by atoms with E-state index >= 15 is 0 Å². The molecule has 2 aromatic carbocycles. The molecular weight excluding hydrogens is 428 g/mol. The third-order valence-corrected chi connectivity index (χ3v) is 6.31. The monoisotopic (exact) mass is 450 g/mol. The number of nitrogens with zero attached hydrogens (tertiary/aromatic N) is 3. The molecule has 0 unspecified atom stereocenters. The fourth-order valence-electron chi connectivity index (χ4n) is 3.10. The Bertz CT molecular complexity index is 1140. The van der Waals surface area contributed by atoms with E-state index in [4.69, 9.17) is 4.42 Å². The molecule has 6 nitrogen and oxygen atoms in total. The lowest BCUT2D eigenvalue weighted by Gasteiger charge is -2.14. The fourth-order valence-corrected chi connectivity index (χ4v) is 4.31. The van der Waals surface area contributed by atoms with Gasteiger partial charge in [0, 0.05) is 5.38 Å². The van der Waals surface area contributed by atoms with Crippen LogP contribution in [-0.4, -0.2) is 26.8 Å². The minimum atomic E-state index is -0.0934. The number of hydrogen-bond donors (Lipinski definition) is 1. The zero-order valence-corrected chi connectivity index (χ0v) is 18.9. The molecule has 0 bridgehead atoms. The summed E-state index contributed by atoms with van der Waals surface area (Å²) in [4.78, 5) is 16.8. The summed E-state index contributed by atoms with van der Waals surface area (Å²) in [5, 5.41) is 14.4. The first-order chi connectivity index (χ1) is 15.1. The SMILES string of the molecule is Cc1nc(Cc2nnc(SCC(=O)N[C@@H](C)c3ccc(-c4ccccc4)cc3)o2)cs1. The van der Waals surface area contributed by atoms with Gasteiger partial charge in [-0.2, -0.15) is 0 Å². The van der Waals surface area contributed by atoms with Crippen molar-refractivity contribution in [1.82, 2.24) is 20.5 Å². The van der Waals surface area contributed by atoms with Crippen LogP contribution in [-0.2, 0) is 11.2 Å². The lowest BCUT2D eigenvalue weighted by molar-refractivity contribution is -0.119. The molecule has 31 heavy (non-hydrogen) atoms. The summed E-state index contributed by atoms with van der Waals surface area (Å²) in [6.07, 6.45) is 0.500. The van der Waals surface area contributed by atoms with Gasteiger partial charge in [0.15, 0.2) is 0 Å². The van der Waals surface area contributed by atoms with Crippen molar-refractivity contribution in [1.29, 1.82) is 0 Å². The van der Waals surface area contributed by atoms with E-state index in [1.165, 1.54) is 17.3 Å². The average Bonchev–Trinajstić information content (AvgIpc) is 3.41. The second kappa shape index (κ2) is 9.89. The summed E-state index contributed by atoms with van der Waals surface area (Å²) >= 11 is 2.82. The van der Waals surface area contributed by atoms with Gasteiger partial charge in [-0.3, -0.25) is 4.79 Å². The number of aromatic nitrogens is 3. The molecule has 2 heterocycles. The zero-order chi connectivity index (χ0) is 21.6. The first-order valence-electron chi connectivity index (χ1n) is 9.88. The maximum Gasteiger partial charge on any atom is 0.277 e. The van der Waals surface area contributed by atoms with Crippen LogP contribution in [0.5, 0.6) is 0 Å². The molecule has 4 rings (SSSR count). The normalized spacial score (nSPS) is 11.9. The predicted molar refractivity (Wildman–Crippen MR) is 123 cm³/mol. The summed E-state index contributed by atoms with van der Waals surface area (Å²) in [7, 11) is 0. The van der Waals surface area contributed by atoms with Gasteiger partial charge in [-0.25, -0.2) is 4.98 Å². The van der Waals surface area contributed by atoms with E-state index in [0.717, 1.165) is 21.8 Å². The van der Waals surface area contributed by atoms with Crippen molar-refractivity contribution in [2.24, 2.45) is 0 Å². The van der Waals surface area contributed by atoms with Crippen LogP contribution in [0, 0.1) is 6.92 Å². The second-order valence-electron chi connectivity index (χ2n) is 7.06. The van der Waals surface area contributed by atoms with E-state index < -0.39 is 0 Å². The highest BCUT2D eigenvalue weighted by Crippen LogP contribution is 2.22. The molecule has 0 fully saturated rings. The number of aryl methyl sites for hydroxylation is 1. The van der Waals surface area contributed by atoms with Crippen LogP contribution >= 0.6 is 23.1 Å². The number of thioether (sulfide) groups is 1. The molecule has 8 heteroatoms. The van der Waals surface area contributed by atoms with Crippen molar-refractivity contribution in [2.45, 2.75) is 31.5 Å². The predicted octanol–water partition coefficient (Wildman–Crippen LogP) is 5.06. The number of carbonyl (C=O) groups is 1. The van der Waals surface area contributed by atoms with E-state index in [2.05, 4.69) is 44.8 Å². The summed E-state index contributed by atoms with van der Waals surface area (Å²) in [6.45, 7) is 3.93. The Hall–Kier alpha value is -2.97. The van der Waals surface area contributed by atoms with Crippen LogP contribution < -0.4 is 5.32 Å². The highest BCUT2D eigenvalue weighted by molar-refractivity contribution is 7.99. The van der Waals surface area contributed by atoms with E-state index in [9.17, 15) is 4.79 Å². The fraction of sp³-hybridized carbons (Fsp3) is 0.217. The molecule has 0 saturated carbocycles. The molecule has 1 N–H and O–H groups in total. The molecule has 4 aromatic rings.